The van der Waals surface area contributed by atoms with E-state index >= 15 is 0 Å². The number of nitrogens with one attached hydrogen (secondary N) is 1. The summed E-state index contributed by atoms with van der Waals surface area (Å²) in [4.78, 5) is 27.4. The first-order valence-electron chi connectivity index (χ1n) is 5.11. The molecule has 92 valence electrons. The number of carbonyl (C=O) groups excluding carboxylic acids is 2. The van der Waals surface area contributed by atoms with Gasteiger partial charge in [0.25, 0.3) is 5.91 Å². The number of aliphatic hydroxyl groups excluding tert-OH is 1. The minimum absolute atomic E-state index is 0.128. The van der Waals surface area contributed by atoms with E-state index in [0.717, 1.165) is 4.47 Å². The number of hydrogen-bond donors (Lipinski definition) is 3. The van der Waals surface area contributed by atoms with Crippen molar-refractivity contribution in [2.45, 2.75) is 18.6 Å². The first-order valence-corrected chi connectivity index (χ1v) is 5.90. The quantitative estimate of drug-likeness (QED) is 0.707. The third-order valence-corrected chi connectivity index (χ3v) is 3.20. The van der Waals surface area contributed by atoms with Gasteiger partial charge in [-0.05, 0) is 22.0 Å². The second-order valence-electron chi connectivity index (χ2n) is 4.00. The zero-order chi connectivity index (χ0) is 12.6. The van der Waals surface area contributed by atoms with E-state index in [-0.39, 0.29) is 18.9 Å². The average Bonchev–Trinajstić information content (AvgIpc) is 2.83. The van der Waals surface area contributed by atoms with Gasteiger partial charge >= 0.3 is 0 Å². The van der Waals surface area contributed by atoms with Gasteiger partial charge in [-0.2, -0.15) is 0 Å². The Kier molecular flexibility index (Phi) is 3.21. The van der Waals surface area contributed by atoms with E-state index in [0.29, 0.717) is 5.69 Å². The molecule has 0 saturated carbocycles. The third-order valence-electron chi connectivity index (χ3n) is 2.75. The topological polar surface area (TPSA) is 99.4 Å². The van der Waals surface area contributed by atoms with Crippen LogP contribution in [0.25, 0.3) is 0 Å². The van der Waals surface area contributed by atoms with Crippen LogP contribution in [0.3, 0.4) is 0 Å². The molecule has 0 spiro atoms. The molecular weight excluding hydrogens is 290 g/mol. The number of aromatic nitrogens is 1. The maximum Gasteiger partial charge on any atom is 0.271 e. The Morgan fingerprint density at radius 1 is 1.59 bits per heavy atom. The van der Waals surface area contributed by atoms with Crippen molar-refractivity contribution in [1.29, 1.82) is 0 Å². The largest absolute Gasteiger partial charge is 0.391 e. The number of carbonyl (C=O) groups is 2. The number of H-pyrrole nitrogens is 1. The number of amides is 2. The van der Waals surface area contributed by atoms with E-state index in [9.17, 15) is 14.7 Å². The van der Waals surface area contributed by atoms with Crippen LogP contribution in [0.5, 0.6) is 0 Å². The molecule has 7 heteroatoms. The Labute approximate surface area is 106 Å². The Bertz CT molecular complexity index is 459. The van der Waals surface area contributed by atoms with Crippen LogP contribution in [-0.4, -0.2) is 45.5 Å². The van der Waals surface area contributed by atoms with E-state index in [1.165, 1.54) is 4.90 Å². The van der Waals surface area contributed by atoms with Crippen molar-refractivity contribution < 1.29 is 14.7 Å². The number of likely N-dealkylation sites (tertiary alicyclic amines) is 1. The van der Waals surface area contributed by atoms with E-state index in [1.54, 1.807) is 12.3 Å². The highest BCUT2D eigenvalue weighted by molar-refractivity contribution is 9.10. The molecule has 1 aromatic rings. The molecule has 17 heavy (non-hydrogen) atoms. The maximum absolute atomic E-state index is 12.1. The lowest BCUT2D eigenvalue weighted by molar-refractivity contribution is -0.121. The molecule has 6 nitrogen and oxygen atoms in total. The molecule has 2 atom stereocenters. The van der Waals surface area contributed by atoms with Crippen LogP contribution in [0.2, 0.25) is 0 Å². The zero-order valence-corrected chi connectivity index (χ0v) is 10.5. The second-order valence-corrected chi connectivity index (χ2v) is 4.91. The first-order chi connectivity index (χ1) is 7.99. The standard InChI is InChI=1S/C10H12BrN3O3/c11-5-1-7(13-3-5)10(17)14-4-6(15)2-8(14)9(12)16/h1,3,6,8,13,15H,2,4H2,(H2,12,16). The van der Waals surface area contributed by atoms with Crippen LogP contribution >= 0.6 is 15.9 Å². The van der Waals surface area contributed by atoms with Crippen LogP contribution < -0.4 is 5.73 Å². The molecule has 4 N–H and O–H groups in total. The van der Waals surface area contributed by atoms with Gasteiger partial charge in [0.05, 0.1) is 6.10 Å². The molecule has 0 bridgehead atoms. The minimum atomic E-state index is -0.737. The summed E-state index contributed by atoms with van der Waals surface area (Å²) in [7, 11) is 0. The second kappa shape index (κ2) is 4.50. The summed E-state index contributed by atoms with van der Waals surface area (Å²) in [5, 5.41) is 9.50. The van der Waals surface area contributed by atoms with Crippen molar-refractivity contribution in [1.82, 2.24) is 9.88 Å². The predicted octanol–water partition coefficient (Wildman–Crippen LogP) is -0.162. The van der Waals surface area contributed by atoms with Crippen molar-refractivity contribution >= 4 is 27.7 Å². The molecule has 1 saturated heterocycles. The van der Waals surface area contributed by atoms with Gasteiger partial charge in [0.2, 0.25) is 5.91 Å². The highest BCUT2D eigenvalue weighted by atomic mass is 79.9. The number of primary amides is 1. The van der Waals surface area contributed by atoms with Gasteiger partial charge in [-0.15, -0.1) is 0 Å². The summed E-state index contributed by atoms with van der Waals surface area (Å²) >= 11 is 3.22. The lowest BCUT2D eigenvalue weighted by atomic mass is 10.2. The molecule has 2 heterocycles. The van der Waals surface area contributed by atoms with Gasteiger partial charge in [-0.3, -0.25) is 9.59 Å². The molecule has 1 aromatic heterocycles. The van der Waals surface area contributed by atoms with Gasteiger partial charge in [-0.1, -0.05) is 0 Å². The van der Waals surface area contributed by atoms with E-state index in [4.69, 9.17) is 5.73 Å². The summed E-state index contributed by atoms with van der Waals surface area (Å²) in [6, 6.07) is 0.880. The molecule has 1 aliphatic rings. The van der Waals surface area contributed by atoms with Gasteiger partial charge in [0, 0.05) is 23.6 Å². The Morgan fingerprint density at radius 3 is 2.82 bits per heavy atom. The number of halogens is 1. The molecule has 2 unspecified atom stereocenters. The smallest absolute Gasteiger partial charge is 0.271 e. The maximum atomic E-state index is 12.1. The summed E-state index contributed by atoms with van der Waals surface area (Å²) in [6.07, 6.45) is 1.12. The SMILES string of the molecule is NC(=O)C1CC(O)CN1C(=O)c1cc(Br)c[nH]1. The summed E-state index contributed by atoms with van der Waals surface area (Å²) < 4.78 is 0.747. The van der Waals surface area contributed by atoms with Gasteiger partial charge in [-0.25, -0.2) is 0 Å². The van der Waals surface area contributed by atoms with Crippen molar-refractivity contribution in [3.63, 3.8) is 0 Å². The molecule has 1 fully saturated rings. The van der Waals surface area contributed by atoms with E-state index in [1.807, 2.05) is 0 Å². The first kappa shape index (κ1) is 12.1. The summed E-state index contributed by atoms with van der Waals surface area (Å²) in [5.74, 6) is -0.934. The Morgan fingerprint density at radius 2 is 2.29 bits per heavy atom. The fourth-order valence-corrected chi connectivity index (χ4v) is 2.30. The van der Waals surface area contributed by atoms with Crippen molar-refractivity contribution in [2.75, 3.05) is 6.54 Å². The highest BCUT2D eigenvalue weighted by Crippen LogP contribution is 2.21. The lowest BCUT2D eigenvalue weighted by Crippen LogP contribution is -2.43. The highest BCUT2D eigenvalue weighted by Gasteiger charge is 2.38. The van der Waals surface area contributed by atoms with Crippen molar-refractivity contribution in [2.24, 2.45) is 5.73 Å². The number of nitrogens with zero attached hydrogens (tertiary/aromatic N) is 1. The van der Waals surface area contributed by atoms with E-state index < -0.39 is 18.1 Å². The van der Waals surface area contributed by atoms with Crippen LogP contribution in [0.4, 0.5) is 0 Å². The number of rotatable bonds is 2. The Balaban J connectivity index is 2.21. The lowest BCUT2D eigenvalue weighted by Gasteiger charge is -2.20. The number of β-amino-alcohol motifs (C(OH)–C–C–N with tert-alkyl or cyclic N) is 1. The molecule has 1 aliphatic heterocycles. The average molecular weight is 302 g/mol. The zero-order valence-electron chi connectivity index (χ0n) is 8.89. The summed E-state index contributed by atoms with van der Waals surface area (Å²) in [6.45, 7) is 0.128. The molecule has 2 amide bonds. The molecule has 0 aromatic carbocycles. The number of aliphatic hydroxyl groups is 1. The molecular formula is C10H12BrN3O3. The molecule has 0 aliphatic carbocycles. The van der Waals surface area contributed by atoms with Crippen molar-refractivity contribution in [3.8, 4) is 0 Å². The van der Waals surface area contributed by atoms with Gasteiger partial charge in [0.15, 0.2) is 0 Å². The van der Waals surface area contributed by atoms with Gasteiger partial charge < -0.3 is 20.7 Å². The predicted molar refractivity (Wildman–Crippen MR) is 63.1 cm³/mol. The summed E-state index contributed by atoms with van der Waals surface area (Å²) in [5.41, 5.74) is 5.57. The number of nitrogens with two attached hydrogens (primary N) is 1. The number of aromatic amines is 1. The monoisotopic (exact) mass is 301 g/mol. The Hall–Kier alpha value is -1.34. The van der Waals surface area contributed by atoms with Crippen LogP contribution in [0.1, 0.15) is 16.9 Å². The molecule has 2 rings (SSSR count). The molecule has 0 radical (unpaired) electrons. The van der Waals surface area contributed by atoms with E-state index in [2.05, 4.69) is 20.9 Å². The minimum Gasteiger partial charge on any atom is -0.391 e. The van der Waals surface area contributed by atoms with Crippen LogP contribution in [-0.2, 0) is 4.79 Å². The van der Waals surface area contributed by atoms with Crippen molar-refractivity contribution in [3.05, 3.63) is 22.4 Å². The van der Waals surface area contributed by atoms with Crippen LogP contribution in [0.15, 0.2) is 16.7 Å². The normalized spacial score (nSPS) is 24.0. The third kappa shape index (κ3) is 2.34. The van der Waals surface area contributed by atoms with Crippen LogP contribution in [0, 0.1) is 0 Å². The van der Waals surface area contributed by atoms with Gasteiger partial charge in [0.1, 0.15) is 11.7 Å². The fraction of sp³-hybridized carbons (Fsp3) is 0.400. The fourth-order valence-electron chi connectivity index (χ4n) is 1.95. The number of hydrogen-bond acceptors (Lipinski definition) is 3.